The second-order valence-electron chi connectivity index (χ2n) is 5.94. The number of hydrogen-bond donors (Lipinski definition) is 11. The molecule has 0 saturated heterocycles. The molecule has 37 heavy (non-hydrogen) atoms. The van der Waals surface area contributed by atoms with Gasteiger partial charge in [0.05, 0.1) is 0 Å². The molecule has 224 valence electrons. The van der Waals surface area contributed by atoms with E-state index in [1.54, 1.807) is 0 Å². The van der Waals surface area contributed by atoms with Crippen LogP contribution >= 0.6 is 0 Å². The topological polar surface area (TPSA) is 312 Å². The van der Waals surface area contributed by atoms with Crippen molar-refractivity contribution in [2.75, 3.05) is 52.4 Å². The molecule has 0 aliphatic rings. The molecule has 13 N–H and O–H groups in total. The van der Waals surface area contributed by atoms with Crippen molar-refractivity contribution in [2.45, 2.75) is 41.5 Å². The first-order valence-electron chi connectivity index (χ1n) is 10.5. The van der Waals surface area contributed by atoms with Gasteiger partial charge in [-0.2, -0.15) is 0 Å². The summed E-state index contributed by atoms with van der Waals surface area (Å²) in [4.78, 5) is 54.0. The van der Waals surface area contributed by atoms with Crippen molar-refractivity contribution in [2.24, 2.45) is 11.5 Å². The molecule has 0 fully saturated rings. The maximum Gasteiger partial charge on any atom is 0.300 e. The Morgan fingerprint density at radius 3 is 0.622 bits per heavy atom. The zero-order chi connectivity index (χ0) is 31.2. The van der Waals surface area contributed by atoms with Crippen LogP contribution in [0, 0.1) is 0 Å². The third-order valence-electron chi connectivity index (χ3n) is 1.60. The number of nitrogens with two attached hydrogens (primary N) is 2. The van der Waals surface area contributed by atoms with Crippen LogP contribution in [0.25, 0.3) is 0 Å². The van der Waals surface area contributed by atoms with E-state index in [1.165, 1.54) is 0 Å². The monoisotopic (exact) mass is 549 g/mol. The minimum absolute atomic E-state index is 0.706. The summed E-state index contributed by atoms with van der Waals surface area (Å²) in [6.07, 6.45) is 0. The molecule has 0 spiro atoms. The fourth-order valence-corrected chi connectivity index (χ4v) is 0.933. The second-order valence-corrected chi connectivity index (χ2v) is 5.94. The van der Waals surface area contributed by atoms with E-state index >= 15 is 0 Å². The fourth-order valence-electron chi connectivity index (χ4n) is 0.933. The Labute approximate surface area is 217 Å². The standard InChI is InChI=1S/C8H23N5.6C2H4O2/c9-1-3-11-5-7-13-8-6-12-4-2-10;6*1-2(3)4/h11-13H,1-10H2;6*1H3,(H,3,4). The van der Waals surface area contributed by atoms with E-state index in [2.05, 4.69) is 16.0 Å². The Hall–Kier alpha value is -3.38. The molecule has 0 saturated carbocycles. The zero-order valence-corrected chi connectivity index (χ0v) is 22.4. The van der Waals surface area contributed by atoms with Crippen molar-refractivity contribution in [1.29, 1.82) is 0 Å². The molecule has 0 aliphatic carbocycles. The van der Waals surface area contributed by atoms with E-state index in [0.717, 1.165) is 80.8 Å². The van der Waals surface area contributed by atoms with E-state index in [0.29, 0.717) is 13.1 Å². The lowest BCUT2D eigenvalue weighted by molar-refractivity contribution is -0.135. The average Bonchev–Trinajstić information content (AvgIpc) is 2.64. The van der Waals surface area contributed by atoms with Gasteiger partial charge >= 0.3 is 0 Å². The van der Waals surface area contributed by atoms with Crippen molar-refractivity contribution in [3.8, 4) is 0 Å². The van der Waals surface area contributed by atoms with Gasteiger partial charge in [0.15, 0.2) is 0 Å². The lowest BCUT2D eigenvalue weighted by atomic mass is 10.5. The summed E-state index contributed by atoms with van der Waals surface area (Å²) in [5, 5.41) is 54.2. The number of carboxylic acid groups (broad SMARTS) is 6. The van der Waals surface area contributed by atoms with Crippen molar-refractivity contribution >= 4 is 35.8 Å². The Kier molecular flexibility index (Phi) is 67.8. The Morgan fingerprint density at radius 2 is 0.514 bits per heavy atom. The normalized spacial score (nSPS) is 7.78. The Morgan fingerprint density at radius 1 is 0.405 bits per heavy atom. The number of nitrogens with one attached hydrogen (secondary N) is 3. The molecule has 0 aromatic carbocycles. The molecule has 17 heteroatoms. The lowest BCUT2D eigenvalue weighted by Crippen LogP contribution is -2.35. The van der Waals surface area contributed by atoms with Gasteiger partial charge in [-0.15, -0.1) is 0 Å². The van der Waals surface area contributed by atoms with Crippen LogP contribution < -0.4 is 27.4 Å². The summed E-state index contributed by atoms with van der Waals surface area (Å²) in [7, 11) is 0. The van der Waals surface area contributed by atoms with Crippen LogP contribution in [0.2, 0.25) is 0 Å². The maximum absolute atomic E-state index is 9.00. The minimum atomic E-state index is -0.833. The molecule has 0 bridgehead atoms. The highest BCUT2D eigenvalue weighted by atomic mass is 16.4. The van der Waals surface area contributed by atoms with Gasteiger partial charge in [0.25, 0.3) is 35.8 Å². The van der Waals surface area contributed by atoms with Crippen molar-refractivity contribution in [3.05, 3.63) is 0 Å². The van der Waals surface area contributed by atoms with Crippen LogP contribution in [0.1, 0.15) is 41.5 Å². The third-order valence-corrected chi connectivity index (χ3v) is 1.60. The first-order chi connectivity index (χ1) is 16.8. The molecular formula is C20H47N5O12. The number of rotatable bonds is 10. The predicted octanol–water partition coefficient (Wildman–Crippen LogP) is -1.78. The van der Waals surface area contributed by atoms with E-state index in [9.17, 15) is 0 Å². The van der Waals surface area contributed by atoms with Crippen molar-refractivity contribution in [1.82, 2.24) is 16.0 Å². The summed E-state index contributed by atoms with van der Waals surface area (Å²) < 4.78 is 0. The highest BCUT2D eigenvalue weighted by Gasteiger charge is 1.87. The van der Waals surface area contributed by atoms with Crippen LogP contribution in [-0.2, 0) is 28.8 Å². The average molecular weight is 550 g/mol. The molecule has 0 aromatic rings. The van der Waals surface area contributed by atoms with Gasteiger partial charge in [-0.25, -0.2) is 0 Å². The highest BCUT2D eigenvalue weighted by Crippen LogP contribution is 1.60. The first kappa shape index (κ1) is 50.5. The molecule has 0 rings (SSSR count). The summed E-state index contributed by atoms with van der Waals surface area (Å²) in [5.74, 6) is -5.00. The van der Waals surface area contributed by atoms with Gasteiger partial charge in [0.1, 0.15) is 0 Å². The molecule has 0 atom stereocenters. The molecule has 0 aliphatic heterocycles. The minimum Gasteiger partial charge on any atom is -0.481 e. The predicted molar refractivity (Wildman–Crippen MR) is 137 cm³/mol. The summed E-state index contributed by atoms with van der Waals surface area (Å²) in [5.41, 5.74) is 10.6. The van der Waals surface area contributed by atoms with E-state index in [4.69, 9.17) is 70.9 Å². The molecule has 0 heterocycles. The van der Waals surface area contributed by atoms with E-state index in [1.807, 2.05) is 0 Å². The van der Waals surface area contributed by atoms with Gasteiger partial charge in [-0.1, -0.05) is 0 Å². The zero-order valence-electron chi connectivity index (χ0n) is 22.4. The van der Waals surface area contributed by atoms with Crippen LogP contribution in [0.3, 0.4) is 0 Å². The third kappa shape index (κ3) is 698. The SMILES string of the molecule is CC(=O)O.CC(=O)O.CC(=O)O.CC(=O)O.CC(=O)O.CC(=O)O.NCCNCCNCCNCCN. The van der Waals surface area contributed by atoms with Gasteiger partial charge in [0.2, 0.25) is 0 Å². The lowest BCUT2D eigenvalue weighted by Gasteiger charge is -2.06. The Bertz CT molecular complexity index is 423. The molecule has 0 amide bonds. The summed E-state index contributed by atoms with van der Waals surface area (Å²) in [6, 6.07) is 0. The molecule has 0 unspecified atom stereocenters. The molecule has 0 aromatic heterocycles. The fraction of sp³-hybridized carbons (Fsp3) is 0.700. The van der Waals surface area contributed by atoms with Crippen LogP contribution in [0.4, 0.5) is 0 Å². The second kappa shape index (κ2) is 49.7. The number of hydrogen-bond acceptors (Lipinski definition) is 11. The maximum atomic E-state index is 9.00. The summed E-state index contributed by atoms with van der Waals surface area (Å²) >= 11 is 0. The van der Waals surface area contributed by atoms with Crippen LogP contribution in [0.15, 0.2) is 0 Å². The number of carbonyl (C=O) groups is 6. The van der Waals surface area contributed by atoms with Gasteiger partial charge < -0.3 is 58.1 Å². The molecule has 0 radical (unpaired) electrons. The number of carboxylic acids is 6. The largest absolute Gasteiger partial charge is 0.481 e. The summed E-state index contributed by atoms with van der Waals surface area (Å²) in [6.45, 7) is 13.6. The van der Waals surface area contributed by atoms with E-state index < -0.39 is 35.8 Å². The Balaban J connectivity index is -0.0000000627. The van der Waals surface area contributed by atoms with E-state index in [-0.39, 0.29) is 0 Å². The van der Waals surface area contributed by atoms with Crippen molar-refractivity contribution in [3.63, 3.8) is 0 Å². The number of aliphatic carboxylic acids is 6. The van der Waals surface area contributed by atoms with Crippen molar-refractivity contribution < 1.29 is 59.4 Å². The van der Waals surface area contributed by atoms with Gasteiger partial charge in [-0.05, 0) is 0 Å². The van der Waals surface area contributed by atoms with Gasteiger partial charge in [-0.3, -0.25) is 28.8 Å². The quantitative estimate of drug-likeness (QED) is 0.134. The molecular weight excluding hydrogens is 502 g/mol. The van der Waals surface area contributed by atoms with Crippen LogP contribution in [-0.4, -0.2) is 119 Å². The molecule has 17 nitrogen and oxygen atoms in total. The first-order valence-corrected chi connectivity index (χ1v) is 10.5. The smallest absolute Gasteiger partial charge is 0.300 e. The van der Waals surface area contributed by atoms with Crippen LogP contribution in [0.5, 0.6) is 0 Å². The van der Waals surface area contributed by atoms with Gasteiger partial charge in [0, 0.05) is 93.9 Å². The highest BCUT2D eigenvalue weighted by molar-refractivity contribution is 5.64.